The number of thiazole rings is 1. The number of aryl methyl sites for hydroxylation is 1. The molecule has 4 heteroatoms. The first kappa shape index (κ1) is 11.2. The number of anilines is 1. The smallest absolute Gasteiger partial charge is 0.231 e. The Morgan fingerprint density at radius 3 is 2.64 bits per heavy atom. The quantitative estimate of drug-likeness (QED) is 0.819. The van der Waals surface area contributed by atoms with Gasteiger partial charge in [-0.3, -0.25) is 4.79 Å². The molecular weight excluding hydrogens is 196 g/mol. The lowest BCUT2D eigenvalue weighted by Crippen LogP contribution is -2.27. The van der Waals surface area contributed by atoms with Crippen LogP contribution in [0.5, 0.6) is 0 Å². The number of amides is 1. The minimum absolute atomic E-state index is 0.00880. The summed E-state index contributed by atoms with van der Waals surface area (Å²) in [5, 5.41) is 3.50. The normalized spacial score (nSPS) is 11.4. The van der Waals surface area contributed by atoms with Crippen LogP contribution < -0.4 is 5.32 Å². The predicted octanol–water partition coefficient (Wildman–Crippen LogP) is 2.69. The number of hydrogen-bond donors (Lipinski definition) is 1. The number of aromatic nitrogens is 1. The predicted molar refractivity (Wildman–Crippen MR) is 59.6 cm³/mol. The first-order valence-electron chi connectivity index (χ1n) is 4.69. The van der Waals surface area contributed by atoms with Crippen LogP contribution in [0.3, 0.4) is 0 Å². The molecule has 0 spiro atoms. The topological polar surface area (TPSA) is 42.0 Å². The van der Waals surface area contributed by atoms with E-state index >= 15 is 0 Å². The van der Waals surface area contributed by atoms with E-state index in [0.29, 0.717) is 5.13 Å². The Hall–Kier alpha value is -0.900. The molecule has 0 atom stereocenters. The molecule has 0 saturated carbocycles. The van der Waals surface area contributed by atoms with E-state index in [1.807, 2.05) is 27.0 Å². The van der Waals surface area contributed by atoms with Gasteiger partial charge in [-0.25, -0.2) is 4.98 Å². The lowest BCUT2D eigenvalue weighted by Gasteiger charge is -2.15. The molecule has 1 rings (SSSR count). The van der Waals surface area contributed by atoms with E-state index in [9.17, 15) is 4.79 Å². The maximum Gasteiger partial charge on any atom is 0.231 e. The van der Waals surface area contributed by atoms with Crippen LogP contribution in [0.1, 0.15) is 32.6 Å². The van der Waals surface area contributed by atoms with Crippen molar-refractivity contribution in [3.63, 3.8) is 0 Å². The van der Waals surface area contributed by atoms with Crippen LogP contribution in [0.25, 0.3) is 0 Å². The Morgan fingerprint density at radius 2 is 2.21 bits per heavy atom. The van der Waals surface area contributed by atoms with Crippen molar-refractivity contribution in [3.05, 3.63) is 11.1 Å². The van der Waals surface area contributed by atoms with Gasteiger partial charge in [-0.05, 0) is 6.42 Å². The fourth-order valence-corrected chi connectivity index (χ4v) is 1.56. The summed E-state index contributed by atoms with van der Waals surface area (Å²) >= 11 is 1.53. The maximum absolute atomic E-state index is 11.6. The zero-order valence-electron chi connectivity index (χ0n) is 9.05. The molecule has 0 aromatic carbocycles. The number of nitrogens with one attached hydrogen (secondary N) is 1. The molecule has 0 saturated heterocycles. The van der Waals surface area contributed by atoms with Crippen LogP contribution in [0, 0.1) is 5.41 Å². The van der Waals surface area contributed by atoms with Crippen molar-refractivity contribution in [2.75, 3.05) is 5.32 Å². The summed E-state index contributed by atoms with van der Waals surface area (Å²) in [6.07, 6.45) is 2.77. The Kier molecular flexibility index (Phi) is 3.26. The van der Waals surface area contributed by atoms with Gasteiger partial charge in [0.05, 0.1) is 0 Å². The summed E-state index contributed by atoms with van der Waals surface area (Å²) in [5.74, 6) is 0.00880. The molecule has 0 bridgehead atoms. The molecule has 1 heterocycles. The highest BCUT2D eigenvalue weighted by Gasteiger charge is 2.21. The maximum atomic E-state index is 11.6. The number of carbonyl (C=O) groups is 1. The number of rotatable bonds is 2. The molecule has 14 heavy (non-hydrogen) atoms. The van der Waals surface area contributed by atoms with Crippen LogP contribution in [0.4, 0.5) is 5.13 Å². The van der Waals surface area contributed by atoms with Gasteiger partial charge in [0.25, 0.3) is 0 Å². The minimum atomic E-state index is -0.363. The van der Waals surface area contributed by atoms with Crippen LogP contribution in [0.15, 0.2) is 6.20 Å². The van der Waals surface area contributed by atoms with E-state index in [0.717, 1.165) is 6.42 Å². The molecule has 0 fully saturated rings. The standard InChI is InChI=1S/C10H16N2OS/c1-5-7-6-11-9(14-7)12-8(13)10(2,3)4/h6H,5H2,1-4H3,(H,11,12,13). The van der Waals surface area contributed by atoms with Gasteiger partial charge < -0.3 is 5.32 Å². The van der Waals surface area contributed by atoms with Gasteiger partial charge in [0.2, 0.25) is 5.91 Å². The second-order valence-corrected chi connectivity index (χ2v) is 5.30. The van der Waals surface area contributed by atoms with Gasteiger partial charge >= 0.3 is 0 Å². The lowest BCUT2D eigenvalue weighted by atomic mass is 9.96. The molecule has 1 amide bonds. The van der Waals surface area contributed by atoms with Gasteiger partial charge in [-0.2, -0.15) is 0 Å². The molecular formula is C10H16N2OS. The van der Waals surface area contributed by atoms with Crippen LogP contribution in [-0.2, 0) is 11.2 Å². The Bertz CT molecular complexity index is 325. The van der Waals surface area contributed by atoms with E-state index in [1.54, 1.807) is 0 Å². The third kappa shape index (κ3) is 2.80. The molecule has 0 radical (unpaired) electrons. The molecule has 0 aliphatic rings. The molecule has 1 aromatic rings. The number of hydrogen-bond acceptors (Lipinski definition) is 3. The van der Waals surface area contributed by atoms with E-state index in [1.165, 1.54) is 16.2 Å². The van der Waals surface area contributed by atoms with Gasteiger partial charge in [0.1, 0.15) is 0 Å². The Morgan fingerprint density at radius 1 is 1.57 bits per heavy atom. The third-order valence-corrected chi connectivity index (χ3v) is 2.86. The Labute approximate surface area is 88.6 Å². The SMILES string of the molecule is CCc1cnc(NC(=O)C(C)(C)C)s1. The second kappa shape index (κ2) is 4.09. The van der Waals surface area contributed by atoms with Crippen LogP contribution in [-0.4, -0.2) is 10.9 Å². The van der Waals surface area contributed by atoms with Gasteiger partial charge in [-0.1, -0.05) is 27.7 Å². The van der Waals surface area contributed by atoms with E-state index in [2.05, 4.69) is 17.2 Å². The highest BCUT2D eigenvalue weighted by Crippen LogP contribution is 2.21. The molecule has 1 aromatic heterocycles. The van der Waals surface area contributed by atoms with Crippen molar-refractivity contribution in [2.45, 2.75) is 34.1 Å². The van der Waals surface area contributed by atoms with E-state index < -0.39 is 0 Å². The molecule has 0 aliphatic heterocycles. The molecule has 0 aliphatic carbocycles. The largest absolute Gasteiger partial charge is 0.302 e. The van der Waals surface area contributed by atoms with E-state index in [4.69, 9.17) is 0 Å². The van der Waals surface area contributed by atoms with Crippen molar-refractivity contribution in [1.29, 1.82) is 0 Å². The fraction of sp³-hybridized carbons (Fsp3) is 0.600. The monoisotopic (exact) mass is 212 g/mol. The summed E-state index contributed by atoms with van der Waals surface area (Å²) in [4.78, 5) is 16.9. The van der Waals surface area contributed by atoms with Crippen molar-refractivity contribution in [2.24, 2.45) is 5.41 Å². The average Bonchev–Trinajstić information content (AvgIpc) is 2.50. The summed E-state index contributed by atoms with van der Waals surface area (Å²) in [7, 11) is 0. The highest BCUT2D eigenvalue weighted by atomic mass is 32.1. The lowest BCUT2D eigenvalue weighted by molar-refractivity contribution is -0.123. The summed E-state index contributed by atoms with van der Waals surface area (Å²) in [5.41, 5.74) is -0.363. The first-order chi connectivity index (χ1) is 6.43. The minimum Gasteiger partial charge on any atom is -0.302 e. The van der Waals surface area contributed by atoms with E-state index in [-0.39, 0.29) is 11.3 Å². The zero-order chi connectivity index (χ0) is 10.8. The molecule has 0 unspecified atom stereocenters. The van der Waals surface area contributed by atoms with Crippen LogP contribution >= 0.6 is 11.3 Å². The van der Waals surface area contributed by atoms with Crippen molar-refractivity contribution >= 4 is 22.4 Å². The number of nitrogens with zero attached hydrogens (tertiary/aromatic N) is 1. The van der Waals surface area contributed by atoms with Crippen molar-refractivity contribution < 1.29 is 4.79 Å². The molecule has 3 nitrogen and oxygen atoms in total. The Balaban J connectivity index is 2.65. The van der Waals surface area contributed by atoms with Gasteiger partial charge in [0.15, 0.2) is 5.13 Å². The first-order valence-corrected chi connectivity index (χ1v) is 5.51. The van der Waals surface area contributed by atoms with Gasteiger partial charge in [0, 0.05) is 16.5 Å². The highest BCUT2D eigenvalue weighted by molar-refractivity contribution is 7.15. The summed E-state index contributed by atoms with van der Waals surface area (Å²) < 4.78 is 0. The summed E-state index contributed by atoms with van der Waals surface area (Å²) in [6.45, 7) is 7.73. The third-order valence-electron chi connectivity index (χ3n) is 1.80. The van der Waals surface area contributed by atoms with Crippen molar-refractivity contribution in [3.8, 4) is 0 Å². The van der Waals surface area contributed by atoms with Crippen LogP contribution in [0.2, 0.25) is 0 Å². The van der Waals surface area contributed by atoms with Crippen molar-refractivity contribution in [1.82, 2.24) is 4.98 Å². The number of carbonyl (C=O) groups excluding carboxylic acids is 1. The second-order valence-electron chi connectivity index (χ2n) is 4.19. The summed E-state index contributed by atoms with van der Waals surface area (Å²) in [6, 6.07) is 0. The fourth-order valence-electron chi connectivity index (χ4n) is 0.813. The zero-order valence-corrected chi connectivity index (χ0v) is 9.86. The molecule has 1 N–H and O–H groups in total. The molecule has 78 valence electrons. The van der Waals surface area contributed by atoms with Gasteiger partial charge in [-0.15, -0.1) is 11.3 Å². The average molecular weight is 212 g/mol.